The molecule has 11 nitrogen and oxygen atoms in total. The van der Waals surface area contributed by atoms with Gasteiger partial charge in [-0.15, -0.1) is 0 Å². The van der Waals surface area contributed by atoms with Gasteiger partial charge in [0.25, 0.3) is 12.3 Å². The summed E-state index contributed by atoms with van der Waals surface area (Å²) in [5, 5.41) is 8.57. The van der Waals surface area contributed by atoms with Gasteiger partial charge in [0.2, 0.25) is 15.9 Å². The first-order valence-corrected chi connectivity index (χ1v) is 18.7. The number of anilines is 1. The molecule has 8 rings (SSSR count). The number of benzene rings is 2. The molecular weight excluding hydrogens is 762 g/mol. The second-order valence-corrected chi connectivity index (χ2v) is 16.0. The van der Waals surface area contributed by atoms with Crippen LogP contribution in [0.15, 0.2) is 48.7 Å². The molecule has 1 unspecified atom stereocenters. The van der Waals surface area contributed by atoms with Crippen LogP contribution in [0.1, 0.15) is 58.9 Å². The highest BCUT2D eigenvalue weighted by Gasteiger charge is 2.67. The Morgan fingerprint density at radius 3 is 2.41 bits per heavy atom. The number of carbonyl (C=O) groups excluding carboxylic acids is 1. The summed E-state index contributed by atoms with van der Waals surface area (Å²) in [6, 6.07) is 7.02. The first-order chi connectivity index (χ1) is 25.4. The molecule has 0 spiro atoms. The van der Waals surface area contributed by atoms with Crippen molar-refractivity contribution < 1.29 is 39.6 Å². The summed E-state index contributed by atoms with van der Waals surface area (Å²) in [5.74, 6) is -10.6. The van der Waals surface area contributed by atoms with Crippen LogP contribution in [-0.2, 0) is 41.3 Å². The van der Waals surface area contributed by atoms with E-state index >= 15 is 8.78 Å². The fourth-order valence-corrected chi connectivity index (χ4v) is 8.72. The molecule has 2 aliphatic rings. The van der Waals surface area contributed by atoms with E-state index in [0.29, 0.717) is 27.3 Å². The molecule has 54 heavy (non-hydrogen) atoms. The smallest absolute Gasteiger partial charge is 0.293 e. The number of amides is 1. The molecule has 3 N–H and O–H groups in total. The molecule has 0 bridgehead atoms. The Hall–Kier alpha value is -5.10. The molecule has 1 fully saturated rings. The van der Waals surface area contributed by atoms with Crippen LogP contribution >= 0.6 is 11.6 Å². The molecule has 4 aromatic heterocycles. The van der Waals surface area contributed by atoms with E-state index in [2.05, 4.69) is 14.9 Å². The maximum Gasteiger partial charge on any atom is 0.293 e. The number of rotatable bonds is 10. The normalized spacial score (nSPS) is 18.6. The minimum Gasteiger partial charge on any atom is -0.368 e. The number of sulfonamides is 1. The van der Waals surface area contributed by atoms with Gasteiger partial charge in [0, 0.05) is 54.9 Å². The van der Waals surface area contributed by atoms with Crippen molar-refractivity contribution in [3.8, 4) is 11.1 Å². The lowest BCUT2D eigenvalue weighted by Gasteiger charge is -2.29. The summed E-state index contributed by atoms with van der Waals surface area (Å²) in [4.78, 5) is 18.6. The summed E-state index contributed by atoms with van der Waals surface area (Å²) >= 11 is 6.62. The van der Waals surface area contributed by atoms with Crippen LogP contribution < -0.4 is 10.5 Å². The maximum atomic E-state index is 16.0. The van der Waals surface area contributed by atoms with Gasteiger partial charge in [-0.05, 0) is 54.7 Å². The Morgan fingerprint density at radius 2 is 1.76 bits per heavy atom. The summed E-state index contributed by atoms with van der Waals surface area (Å²) in [6.07, 6.45) is -1.15. The van der Waals surface area contributed by atoms with Crippen LogP contribution in [0.2, 0.25) is 5.02 Å². The van der Waals surface area contributed by atoms with Crippen LogP contribution in [0.4, 0.5) is 32.2 Å². The zero-order valence-corrected chi connectivity index (χ0v) is 30.0. The average molecular weight is 791 g/mol. The van der Waals surface area contributed by atoms with E-state index in [-0.39, 0.29) is 50.5 Å². The van der Waals surface area contributed by atoms with Crippen LogP contribution in [0.25, 0.3) is 33.1 Å². The quantitative estimate of drug-likeness (QED) is 0.146. The fourth-order valence-electron chi connectivity index (χ4n) is 7.99. The van der Waals surface area contributed by atoms with Crippen molar-refractivity contribution in [2.24, 2.45) is 25.7 Å². The van der Waals surface area contributed by atoms with E-state index in [1.807, 2.05) is 0 Å². The topological polar surface area (TPSA) is 143 Å². The van der Waals surface area contributed by atoms with Crippen LogP contribution in [0.3, 0.4) is 0 Å². The minimum atomic E-state index is -3.85. The zero-order valence-electron chi connectivity index (χ0n) is 28.5. The highest BCUT2D eigenvalue weighted by molar-refractivity contribution is 7.92. The molecular formula is C35H29ClF6N8O3S. The summed E-state index contributed by atoms with van der Waals surface area (Å²) < 4.78 is 121. The Bertz CT molecular complexity index is 2660. The molecule has 4 atom stereocenters. The number of aryl methyl sites for hydroxylation is 2. The van der Waals surface area contributed by atoms with E-state index in [1.165, 1.54) is 17.8 Å². The number of hydrogen-bond donors (Lipinski definition) is 2. The van der Waals surface area contributed by atoms with Crippen molar-refractivity contribution in [2.45, 2.75) is 43.1 Å². The second-order valence-electron chi connectivity index (χ2n) is 13.8. The third kappa shape index (κ3) is 5.68. The molecule has 1 saturated carbocycles. The van der Waals surface area contributed by atoms with Gasteiger partial charge >= 0.3 is 0 Å². The van der Waals surface area contributed by atoms with Gasteiger partial charge in [-0.1, -0.05) is 17.7 Å². The molecule has 6 aromatic rings. The molecule has 4 heterocycles. The molecule has 2 aliphatic carbocycles. The van der Waals surface area contributed by atoms with Gasteiger partial charge < -0.3 is 10.3 Å². The predicted octanol–water partition coefficient (Wildman–Crippen LogP) is 6.83. The van der Waals surface area contributed by atoms with Gasteiger partial charge in [-0.3, -0.25) is 19.2 Å². The van der Waals surface area contributed by atoms with Crippen molar-refractivity contribution in [1.82, 2.24) is 29.1 Å². The molecule has 0 aliphatic heterocycles. The minimum absolute atomic E-state index is 0.000987. The van der Waals surface area contributed by atoms with Crippen LogP contribution in [-0.4, -0.2) is 49.7 Å². The number of halogens is 7. The van der Waals surface area contributed by atoms with Crippen molar-refractivity contribution in [1.29, 1.82) is 0 Å². The van der Waals surface area contributed by atoms with Gasteiger partial charge in [-0.25, -0.2) is 30.7 Å². The first kappa shape index (κ1) is 35.9. The zero-order chi connectivity index (χ0) is 38.8. The number of nitrogens with two attached hydrogens (primary N) is 1. The maximum absolute atomic E-state index is 16.0. The molecule has 2 aromatic carbocycles. The average Bonchev–Trinajstić information content (AvgIpc) is 3.38. The summed E-state index contributed by atoms with van der Waals surface area (Å²) in [5.41, 5.74) is 5.64. The van der Waals surface area contributed by atoms with E-state index < -0.39 is 81.5 Å². The van der Waals surface area contributed by atoms with Crippen molar-refractivity contribution in [3.05, 3.63) is 93.5 Å². The lowest BCUT2D eigenvalue weighted by Crippen LogP contribution is -2.37. The summed E-state index contributed by atoms with van der Waals surface area (Å²) in [7, 11) is -0.594. The SMILES string of the molecule is Cn1ccc2nc([C@@H](Cc3cc(F)cc(F)c3)C(C(N)=O)n3nc(C(F)F)c4c3C(F)(F)[C@@H]3C[C@H]43)c(-c3ccc(Cl)c4c(NS(C)(=O)=O)nn(C)c34)cc21. The fraction of sp³-hybridized carbons (Fsp3) is 0.314. The predicted molar refractivity (Wildman–Crippen MR) is 187 cm³/mol. The Morgan fingerprint density at radius 1 is 1.06 bits per heavy atom. The monoisotopic (exact) mass is 790 g/mol. The second kappa shape index (κ2) is 12.2. The number of nitrogens with zero attached hydrogens (tertiary/aromatic N) is 6. The Balaban J connectivity index is 1.45. The largest absolute Gasteiger partial charge is 0.368 e. The Kier molecular flexibility index (Phi) is 8.12. The number of carbonyl (C=O) groups is 1. The van der Waals surface area contributed by atoms with E-state index in [1.54, 1.807) is 36.0 Å². The summed E-state index contributed by atoms with van der Waals surface area (Å²) in [6.45, 7) is 0. The number of fused-ring (bicyclic) bond motifs is 5. The molecule has 0 saturated heterocycles. The standard InChI is InChI=1S/C35H29ClF6N8O3S/c1-48-7-6-23-24(48)13-18(17-4-5-22(36)26-29(17)49(2)46-34(26)47-54(3,52)53)27(44-23)20(10-14-8-15(37)11-16(38)9-14)30(33(43)51)50-31-25(28(45-50)32(39)40)19-12-21(19)35(31,41)42/h4-9,11,13,19-21,30,32H,10,12H2,1-3H3,(H2,43,51)(H,46,47)/t19-,20+,21+,30?/m0/s1. The lowest BCUT2D eigenvalue weighted by atomic mass is 9.84. The molecule has 0 radical (unpaired) electrons. The third-order valence-electron chi connectivity index (χ3n) is 10.2. The number of aromatic nitrogens is 6. The van der Waals surface area contributed by atoms with Gasteiger partial charge in [0.15, 0.2) is 5.82 Å². The van der Waals surface area contributed by atoms with Crippen molar-refractivity contribution >= 4 is 55.3 Å². The highest BCUT2D eigenvalue weighted by atomic mass is 35.5. The number of hydrogen-bond acceptors (Lipinski definition) is 6. The van der Waals surface area contributed by atoms with Crippen LogP contribution in [0.5, 0.6) is 0 Å². The van der Waals surface area contributed by atoms with Gasteiger partial charge in [-0.2, -0.15) is 19.0 Å². The molecule has 19 heteroatoms. The first-order valence-electron chi connectivity index (χ1n) is 16.5. The number of nitrogens with one attached hydrogen (secondary N) is 1. The number of primary amides is 1. The van der Waals surface area contributed by atoms with E-state index in [9.17, 15) is 30.8 Å². The van der Waals surface area contributed by atoms with Gasteiger partial charge in [0.1, 0.15) is 29.1 Å². The Labute approximate surface area is 307 Å². The highest BCUT2D eigenvalue weighted by Crippen LogP contribution is 2.68. The third-order valence-corrected chi connectivity index (χ3v) is 11.1. The molecule has 1 amide bonds. The van der Waals surface area contributed by atoms with Gasteiger partial charge in [0.05, 0.1) is 38.9 Å². The van der Waals surface area contributed by atoms with E-state index in [0.717, 1.165) is 18.4 Å². The lowest BCUT2D eigenvalue weighted by molar-refractivity contribution is -0.122. The van der Waals surface area contributed by atoms with Crippen LogP contribution in [0, 0.1) is 17.6 Å². The number of alkyl halides is 4. The van der Waals surface area contributed by atoms with Crippen molar-refractivity contribution in [2.75, 3.05) is 11.0 Å². The molecule has 282 valence electrons. The number of pyridine rings is 1. The van der Waals surface area contributed by atoms with E-state index in [4.69, 9.17) is 22.3 Å². The van der Waals surface area contributed by atoms with Crippen molar-refractivity contribution in [3.63, 3.8) is 0 Å².